The van der Waals surface area contributed by atoms with Gasteiger partial charge in [0.05, 0.1) is 6.54 Å². The van der Waals surface area contributed by atoms with Crippen molar-refractivity contribution in [2.45, 2.75) is 52.9 Å². The minimum absolute atomic E-state index is 0.233. The number of amides is 1. The second-order valence-corrected chi connectivity index (χ2v) is 5.67. The van der Waals surface area contributed by atoms with Crippen LogP contribution in [0, 0.1) is 11.8 Å². The van der Waals surface area contributed by atoms with E-state index in [9.17, 15) is 4.79 Å². The van der Waals surface area contributed by atoms with E-state index in [-0.39, 0.29) is 5.91 Å². The molecular weight excluding hydrogens is 224 g/mol. The van der Waals surface area contributed by atoms with Gasteiger partial charge >= 0.3 is 0 Å². The van der Waals surface area contributed by atoms with Gasteiger partial charge in [-0.1, -0.05) is 26.2 Å². The lowest BCUT2D eigenvalue weighted by molar-refractivity contribution is -0.129. The van der Waals surface area contributed by atoms with Crippen molar-refractivity contribution in [3.05, 3.63) is 0 Å². The van der Waals surface area contributed by atoms with Crippen molar-refractivity contribution in [2.24, 2.45) is 11.8 Å². The molecule has 0 aromatic carbocycles. The SMILES string of the molecule is CCN(CC)C(=O)CNCCC1CCCC(C)C1. The molecule has 18 heavy (non-hydrogen) atoms. The predicted octanol–water partition coefficient (Wildman–Crippen LogP) is 2.66. The van der Waals surface area contributed by atoms with Crippen molar-refractivity contribution >= 4 is 5.91 Å². The molecule has 3 nitrogen and oxygen atoms in total. The van der Waals surface area contributed by atoms with Crippen LogP contribution in [0.5, 0.6) is 0 Å². The van der Waals surface area contributed by atoms with Gasteiger partial charge in [-0.25, -0.2) is 0 Å². The molecule has 1 fully saturated rings. The normalized spacial score (nSPS) is 23.9. The van der Waals surface area contributed by atoms with Crippen LogP contribution < -0.4 is 5.32 Å². The lowest BCUT2D eigenvalue weighted by Gasteiger charge is -2.26. The highest BCUT2D eigenvalue weighted by atomic mass is 16.2. The molecule has 1 amide bonds. The Hall–Kier alpha value is -0.570. The van der Waals surface area contributed by atoms with E-state index in [1.54, 1.807) is 0 Å². The first-order valence-corrected chi connectivity index (χ1v) is 7.65. The van der Waals surface area contributed by atoms with Gasteiger partial charge in [0.1, 0.15) is 0 Å². The van der Waals surface area contributed by atoms with E-state index < -0.39 is 0 Å². The molecule has 0 spiro atoms. The maximum absolute atomic E-state index is 11.8. The van der Waals surface area contributed by atoms with E-state index in [4.69, 9.17) is 0 Å². The highest BCUT2D eigenvalue weighted by Gasteiger charge is 2.18. The molecule has 0 aromatic rings. The third kappa shape index (κ3) is 5.38. The number of likely N-dealkylation sites (N-methyl/N-ethyl adjacent to an activating group) is 1. The highest BCUT2D eigenvalue weighted by Crippen LogP contribution is 2.30. The van der Waals surface area contributed by atoms with E-state index in [1.807, 2.05) is 18.7 Å². The van der Waals surface area contributed by atoms with Crippen LogP contribution in [0.15, 0.2) is 0 Å². The summed E-state index contributed by atoms with van der Waals surface area (Å²) in [6.45, 7) is 9.56. The van der Waals surface area contributed by atoms with Crippen LogP contribution in [0.1, 0.15) is 52.9 Å². The Labute approximate surface area is 112 Å². The number of carbonyl (C=O) groups is 1. The molecule has 2 unspecified atom stereocenters. The van der Waals surface area contributed by atoms with Crippen LogP contribution in [0.25, 0.3) is 0 Å². The van der Waals surface area contributed by atoms with Crippen molar-refractivity contribution in [3.63, 3.8) is 0 Å². The topological polar surface area (TPSA) is 32.3 Å². The van der Waals surface area contributed by atoms with Crippen LogP contribution in [-0.4, -0.2) is 37.0 Å². The minimum Gasteiger partial charge on any atom is -0.342 e. The van der Waals surface area contributed by atoms with Gasteiger partial charge in [0.15, 0.2) is 0 Å². The third-order valence-corrected chi connectivity index (χ3v) is 4.17. The molecule has 1 aliphatic carbocycles. The second kappa shape index (κ2) is 8.52. The largest absolute Gasteiger partial charge is 0.342 e. The summed E-state index contributed by atoms with van der Waals surface area (Å²) in [6, 6.07) is 0. The first kappa shape index (κ1) is 15.5. The summed E-state index contributed by atoms with van der Waals surface area (Å²) >= 11 is 0. The summed E-state index contributed by atoms with van der Waals surface area (Å²) in [6.07, 6.45) is 6.80. The highest BCUT2D eigenvalue weighted by molar-refractivity contribution is 5.78. The molecule has 2 atom stereocenters. The van der Waals surface area contributed by atoms with E-state index in [0.29, 0.717) is 6.54 Å². The Balaban J connectivity index is 2.09. The zero-order valence-corrected chi connectivity index (χ0v) is 12.4. The molecule has 0 heterocycles. The van der Waals surface area contributed by atoms with Gasteiger partial charge in [0.25, 0.3) is 0 Å². The number of hydrogen-bond acceptors (Lipinski definition) is 2. The molecule has 3 heteroatoms. The van der Waals surface area contributed by atoms with Gasteiger partial charge in [-0.15, -0.1) is 0 Å². The van der Waals surface area contributed by atoms with Crippen LogP contribution in [0.4, 0.5) is 0 Å². The van der Waals surface area contributed by atoms with Crippen molar-refractivity contribution < 1.29 is 4.79 Å². The summed E-state index contributed by atoms with van der Waals surface area (Å²) in [7, 11) is 0. The zero-order chi connectivity index (χ0) is 13.4. The van der Waals surface area contributed by atoms with Crippen molar-refractivity contribution in [1.29, 1.82) is 0 Å². The van der Waals surface area contributed by atoms with Gasteiger partial charge in [0, 0.05) is 13.1 Å². The fraction of sp³-hybridized carbons (Fsp3) is 0.933. The molecule has 0 aliphatic heterocycles. The standard InChI is InChI=1S/C15H30N2O/c1-4-17(5-2)15(18)12-16-10-9-14-8-6-7-13(3)11-14/h13-14,16H,4-12H2,1-3H3. The molecule has 0 bridgehead atoms. The number of hydrogen-bond donors (Lipinski definition) is 1. The number of nitrogens with zero attached hydrogens (tertiary/aromatic N) is 1. The maximum atomic E-state index is 11.8. The van der Waals surface area contributed by atoms with Crippen molar-refractivity contribution in [3.8, 4) is 0 Å². The summed E-state index contributed by atoms with van der Waals surface area (Å²) in [5.74, 6) is 2.02. The maximum Gasteiger partial charge on any atom is 0.236 e. The molecule has 0 saturated heterocycles. The van der Waals surface area contributed by atoms with Crippen LogP contribution in [-0.2, 0) is 4.79 Å². The van der Waals surface area contributed by atoms with Crippen molar-refractivity contribution in [1.82, 2.24) is 10.2 Å². The fourth-order valence-electron chi connectivity index (χ4n) is 3.01. The third-order valence-electron chi connectivity index (χ3n) is 4.17. The van der Waals surface area contributed by atoms with Gasteiger partial charge in [-0.3, -0.25) is 4.79 Å². The molecule has 1 N–H and O–H groups in total. The minimum atomic E-state index is 0.233. The van der Waals surface area contributed by atoms with E-state index in [2.05, 4.69) is 12.2 Å². The Morgan fingerprint density at radius 1 is 1.28 bits per heavy atom. The Kier molecular flexibility index (Phi) is 7.33. The summed E-state index contributed by atoms with van der Waals surface area (Å²) in [5, 5.41) is 3.31. The molecular formula is C15H30N2O. The number of nitrogens with one attached hydrogen (secondary N) is 1. The lowest BCUT2D eigenvalue weighted by Crippen LogP contribution is -2.38. The number of rotatable bonds is 7. The molecule has 0 radical (unpaired) electrons. The molecule has 0 aromatic heterocycles. The van der Waals surface area contributed by atoms with Gasteiger partial charge < -0.3 is 10.2 Å². The summed E-state index contributed by atoms with van der Waals surface area (Å²) in [4.78, 5) is 13.7. The smallest absolute Gasteiger partial charge is 0.236 e. The summed E-state index contributed by atoms with van der Waals surface area (Å²) in [5.41, 5.74) is 0. The van der Waals surface area contributed by atoms with Gasteiger partial charge in [-0.2, -0.15) is 0 Å². The Morgan fingerprint density at radius 3 is 2.61 bits per heavy atom. The van der Waals surface area contributed by atoms with E-state index >= 15 is 0 Å². The average Bonchev–Trinajstić information content (AvgIpc) is 2.36. The van der Waals surface area contributed by atoms with Crippen LogP contribution >= 0.6 is 0 Å². The predicted molar refractivity (Wildman–Crippen MR) is 76.5 cm³/mol. The average molecular weight is 254 g/mol. The zero-order valence-electron chi connectivity index (χ0n) is 12.4. The Bertz CT molecular complexity index is 239. The van der Waals surface area contributed by atoms with E-state index in [1.165, 1.54) is 32.1 Å². The van der Waals surface area contributed by atoms with Gasteiger partial charge in [-0.05, 0) is 45.1 Å². The monoisotopic (exact) mass is 254 g/mol. The lowest BCUT2D eigenvalue weighted by atomic mass is 9.81. The molecule has 1 rings (SSSR count). The van der Waals surface area contributed by atoms with E-state index in [0.717, 1.165) is 31.5 Å². The number of carbonyl (C=O) groups excluding carboxylic acids is 1. The second-order valence-electron chi connectivity index (χ2n) is 5.67. The first-order valence-electron chi connectivity index (χ1n) is 7.65. The summed E-state index contributed by atoms with van der Waals surface area (Å²) < 4.78 is 0. The van der Waals surface area contributed by atoms with Crippen LogP contribution in [0.3, 0.4) is 0 Å². The Morgan fingerprint density at radius 2 is 2.00 bits per heavy atom. The van der Waals surface area contributed by atoms with Crippen molar-refractivity contribution in [2.75, 3.05) is 26.2 Å². The van der Waals surface area contributed by atoms with Crippen LogP contribution in [0.2, 0.25) is 0 Å². The molecule has 1 aliphatic rings. The molecule has 1 saturated carbocycles. The quantitative estimate of drug-likeness (QED) is 0.708. The van der Waals surface area contributed by atoms with Gasteiger partial charge in [0.2, 0.25) is 5.91 Å². The fourth-order valence-corrected chi connectivity index (χ4v) is 3.01. The molecule has 106 valence electrons. The first-order chi connectivity index (χ1) is 8.67.